The first-order valence-electron chi connectivity index (χ1n) is 14.6. The molecule has 0 saturated carbocycles. The van der Waals surface area contributed by atoms with Crippen molar-refractivity contribution in [3.8, 4) is 34.5 Å². The lowest BCUT2D eigenvalue weighted by molar-refractivity contribution is -0.157. The van der Waals surface area contributed by atoms with Crippen LogP contribution in [0.2, 0.25) is 0 Å². The summed E-state index contributed by atoms with van der Waals surface area (Å²) in [5, 5.41) is 2.72. The number of ether oxygens (including phenoxy) is 8. The quantitative estimate of drug-likeness (QED) is 0.225. The number of carbonyl (C=O) groups excluding carboxylic acids is 3. The number of esters is 2. The van der Waals surface area contributed by atoms with Crippen LogP contribution in [0.3, 0.4) is 0 Å². The summed E-state index contributed by atoms with van der Waals surface area (Å²) in [7, 11) is 4.55. The lowest BCUT2D eigenvalue weighted by Crippen LogP contribution is -2.47. The van der Waals surface area contributed by atoms with E-state index in [0.717, 1.165) is 0 Å². The zero-order valence-corrected chi connectivity index (χ0v) is 26.3. The van der Waals surface area contributed by atoms with Gasteiger partial charge in [-0.3, -0.25) is 9.59 Å². The molecule has 0 unspecified atom stereocenters. The van der Waals surface area contributed by atoms with Crippen LogP contribution in [-0.4, -0.2) is 75.3 Å². The topological polar surface area (TPSA) is 150 Å². The second-order valence-corrected chi connectivity index (χ2v) is 10.3. The van der Waals surface area contributed by atoms with E-state index in [-0.39, 0.29) is 23.6 Å². The molecule has 1 amide bonds. The summed E-state index contributed by atoms with van der Waals surface area (Å²) in [5.74, 6) is 0.677. The largest absolute Gasteiger partial charge is 0.497 e. The average Bonchev–Trinajstić information content (AvgIpc) is 3.10. The number of benzene rings is 2. The van der Waals surface area contributed by atoms with Crippen molar-refractivity contribution in [3.63, 3.8) is 0 Å². The third-order valence-corrected chi connectivity index (χ3v) is 7.15. The maximum absolute atomic E-state index is 13.5. The zero-order valence-electron chi connectivity index (χ0n) is 26.3. The summed E-state index contributed by atoms with van der Waals surface area (Å²) in [4.78, 5) is 42.2. The minimum absolute atomic E-state index is 0.0468. The normalized spacial score (nSPS) is 19.6. The van der Waals surface area contributed by atoms with Crippen LogP contribution in [0, 0.1) is 0 Å². The Morgan fingerprint density at radius 3 is 2.07 bits per heavy atom. The molecule has 46 heavy (non-hydrogen) atoms. The Morgan fingerprint density at radius 2 is 1.48 bits per heavy atom. The van der Waals surface area contributed by atoms with Gasteiger partial charge in [-0.1, -0.05) is 0 Å². The lowest BCUT2D eigenvalue weighted by Gasteiger charge is -2.32. The van der Waals surface area contributed by atoms with E-state index in [0.29, 0.717) is 35.8 Å². The Balaban J connectivity index is 1.56. The van der Waals surface area contributed by atoms with Crippen LogP contribution in [0.25, 0.3) is 0 Å². The SMILES string of the molecule is COc1ccc(O[C@H]2[C@H](C)OC(=O)[C@@H](NC(=O)c3nccc(OC)c3OCOC(C)=O)CCC[C@@H]2Oc2ccc(OC)cc2)cc1. The zero-order chi connectivity index (χ0) is 33.1. The fourth-order valence-electron chi connectivity index (χ4n) is 4.80. The minimum Gasteiger partial charge on any atom is -0.497 e. The van der Waals surface area contributed by atoms with Gasteiger partial charge in [-0.15, -0.1) is 0 Å². The number of rotatable bonds is 12. The first kappa shape index (κ1) is 33.7. The van der Waals surface area contributed by atoms with Crippen molar-refractivity contribution in [3.05, 3.63) is 66.5 Å². The Morgan fingerprint density at radius 1 is 0.870 bits per heavy atom. The molecule has 13 heteroatoms. The molecule has 1 aromatic heterocycles. The smallest absolute Gasteiger partial charge is 0.329 e. The molecule has 4 rings (SSSR count). The van der Waals surface area contributed by atoms with Crippen LogP contribution in [0.4, 0.5) is 0 Å². The molecule has 1 N–H and O–H groups in total. The molecule has 3 aromatic rings. The number of pyridine rings is 1. The molecule has 2 aromatic carbocycles. The standard InChI is InChI=1S/C33H38N2O11/c1-20-30(46-25-15-11-23(40-4)12-16-25)28(45-24-13-9-22(39-3)10-14-24)8-6-7-26(33(38)44-20)35-32(37)29-31(43-19-42-21(2)36)27(41-5)17-18-34-29/h9-18,20,26,28,30H,6-8,19H2,1-5H3,(H,35,37)/t20-,26-,28-,30-/m0/s1. The molecular formula is C33H38N2O11. The van der Waals surface area contributed by atoms with Gasteiger partial charge in [-0.25, -0.2) is 9.78 Å². The number of carbonyl (C=O) groups is 3. The summed E-state index contributed by atoms with van der Waals surface area (Å²) in [6.45, 7) is 2.47. The van der Waals surface area contributed by atoms with Crippen LogP contribution in [0.1, 0.15) is 43.6 Å². The third-order valence-electron chi connectivity index (χ3n) is 7.15. The maximum atomic E-state index is 13.5. The Labute approximate surface area is 267 Å². The predicted molar refractivity (Wildman–Crippen MR) is 164 cm³/mol. The van der Waals surface area contributed by atoms with Crippen LogP contribution in [-0.2, 0) is 19.1 Å². The molecule has 13 nitrogen and oxygen atoms in total. The second-order valence-electron chi connectivity index (χ2n) is 10.3. The van der Waals surface area contributed by atoms with E-state index >= 15 is 0 Å². The van der Waals surface area contributed by atoms with Gasteiger partial charge in [0.05, 0.1) is 21.3 Å². The summed E-state index contributed by atoms with van der Waals surface area (Å²) < 4.78 is 44.8. The van der Waals surface area contributed by atoms with Gasteiger partial charge in [0.2, 0.25) is 6.79 Å². The minimum atomic E-state index is -1.02. The number of cyclic esters (lactones) is 1. The second kappa shape index (κ2) is 16.2. The monoisotopic (exact) mass is 638 g/mol. The number of hydrogen-bond donors (Lipinski definition) is 1. The fraction of sp³-hybridized carbons (Fsp3) is 0.394. The molecule has 1 aliphatic rings. The fourth-order valence-corrected chi connectivity index (χ4v) is 4.80. The van der Waals surface area contributed by atoms with Crippen molar-refractivity contribution in [1.29, 1.82) is 0 Å². The van der Waals surface area contributed by atoms with Gasteiger partial charge >= 0.3 is 11.9 Å². The van der Waals surface area contributed by atoms with E-state index in [9.17, 15) is 14.4 Å². The maximum Gasteiger partial charge on any atom is 0.329 e. The van der Waals surface area contributed by atoms with Gasteiger partial charge in [0, 0.05) is 19.2 Å². The van der Waals surface area contributed by atoms with E-state index in [4.69, 9.17) is 37.9 Å². The lowest BCUT2D eigenvalue weighted by atomic mass is 10.0. The molecule has 0 aliphatic carbocycles. The third kappa shape index (κ3) is 8.93. The first-order valence-corrected chi connectivity index (χ1v) is 14.6. The molecule has 246 valence electrons. The molecule has 1 saturated heterocycles. The van der Waals surface area contributed by atoms with Crippen molar-refractivity contribution in [2.24, 2.45) is 0 Å². The molecule has 0 radical (unpaired) electrons. The summed E-state index contributed by atoms with van der Waals surface area (Å²) >= 11 is 0. The van der Waals surface area contributed by atoms with Gasteiger partial charge in [0.25, 0.3) is 5.91 Å². The van der Waals surface area contributed by atoms with E-state index < -0.39 is 49.0 Å². The molecule has 0 spiro atoms. The van der Waals surface area contributed by atoms with Crippen LogP contribution in [0.5, 0.6) is 34.5 Å². The number of aromatic nitrogens is 1. The highest BCUT2D eigenvalue weighted by Crippen LogP contribution is 2.31. The van der Waals surface area contributed by atoms with Crippen molar-refractivity contribution in [2.45, 2.75) is 57.5 Å². The van der Waals surface area contributed by atoms with Crippen LogP contribution in [0.15, 0.2) is 60.8 Å². The summed E-state index contributed by atoms with van der Waals surface area (Å²) in [6.07, 6.45) is 0.504. The highest BCUT2D eigenvalue weighted by Gasteiger charge is 2.37. The Hall–Kier alpha value is -5.20. The Bertz CT molecular complexity index is 1460. The summed E-state index contributed by atoms with van der Waals surface area (Å²) in [5.41, 5.74) is -0.159. The molecule has 2 heterocycles. The van der Waals surface area contributed by atoms with Gasteiger partial charge in [-0.05, 0) is 74.7 Å². The van der Waals surface area contributed by atoms with Gasteiger partial charge in [0.1, 0.15) is 41.2 Å². The molecule has 4 atom stereocenters. The van der Waals surface area contributed by atoms with E-state index in [1.807, 2.05) is 0 Å². The number of nitrogens with one attached hydrogen (secondary N) is 1. The predicted octanol–water partition coefficient (Wildman–Crippen LogP) is 4.12. The number of hydrogen-bond acceptors (Lipinski definition) is 12. The van der Waals surface area contributed by atoms with Crippen molar-refractivity contribution < 1.29 is 52.3 Å². The highest BCUT2D eigenvalue weighted by atomic mass is 16.7. The van der Waals surface area contributed by atoms with Crippen molar-refractivity contribution in [1.82, 2.24) is 10.3 Å². The van der Waals surface area contributed by atoms with Crippen molar-refractivity contribution in [2.75, 3.05) is 28.1 Å². The van der Waals surface area contributed by atoms with E-state index in [1.54, 1.807) is 69.7 Å². The van der Waals surface area contributed by atoms with E-state index in [1.165, 1.54) is 26.3 Å². The first-order chi connectivity index (χ1) is 22.2. The number of amides is 1. The number of nitrogens with zero attached hydrogens (tertiary/aromatic N) is 1. The van der Waals surface area contributed by atoms with Crippen molar-refractivity contribution >= 4 is 17.8 Å². The highest BCUT2D eigenvalue weighted by molar-refractivity contribution is 5.98. The average molecular weight is 639 g/mol. The van der Waals surface area contributed by atoms with Crippen LogP contribution >= 0.6 is 0 Å². The molecular weight excluding hydrogens is 600 g/mol. The van der Waals surface area contributed by atoms with Crippen LogP contribution < -0.4 is 33.7 Å². The number of methoxy groups -OCH3 is 3. The van der Waals surface area contributed by atoms with E-state index in [2.05, 4.69) is 10.3 Å². The Kier molecular flexibility index (Phi) is 11.9. The molecule has 1 aliphatic heterocycles. The van der Waals surface area contributed by atoms with Gasteiger partial charge in [0.15, 0.2) is 23.3 Å². The summed E-state index contributed by atoms with van der Waals surface area (Å²) in [6, 6.07) is 14.7. The van der Waals surface area contributed by atoms with Gasteiger partial charge in [-0.2, -0.15) is 0 Å². The van der Waals surface area contributed by atoms with Gasteiger partial charge < -0.3 is 43.2 Å². The molecule has 1 fully saturated rings. The molecule has 0 bridgehead atoms.